The van der Waals surface area contributed by atoms with Crippen LogP contribution in [-0.2, 0) is 10.4 Å². The lowest BCUT2D eigenvalue weighted by Gasteiger charge is -2.40. The Bertz CT molecular complexity index is 998. The summed E-state index contributed by atoms with van der Waals surface area (Å²) in [6, 6.07) is 12.0. The van der Waals surface area contributed by atoms with Gasteiger partial charge >= 0.3 is 5.97 Å². The van der Waals surface area contributed by atoms with E-state index in [1.165, 1.54) is 24.3 Å². The van der Waals surface area contributed by atoms with Crippen molar-refractivity contribution >= 4 is 29.4 Å². The molecule has 2 aromatic rings. The monoisotopic (exact) mass is 458 g/mol. The van der Waals surface area contributed by atoms with E-state index in [9.17, 15) is 19.5 Å². The molecule has 1 saturated heterocycles. The van der Waals surface area contributed by atoms with Crippen molar-refractivity contribution < 1.29 is 24.6 Å². The fraction of sp³-hybridized carbons (Fsp3) is 0.375. The molecular weight excluding hydrogens is 432 g/mol. The zero-order chi connectivity index (χ0) is 23.5. The van der Waals surface area contributed by atoms with Gasteiger partial charge in [-0.1, -0.05) is 43.6 Å². The van der Waals surface area contributed by atoms with Crippen LogP contribution in [0.15, 0.2) is 48.5 Å². The van der Waals surface area contributed by atoms with Crippen molar-refractivity contribution in [3.05, 3.63) is 70.2 Å². The van der Waals surface area contributed by atoms with Crippen LogP contribution >= 0.6 is 11.6 Å². The first-order valence-electron chi connectivity index (χ1n) is 10.5. The fourth-order valence-electron chi connectivity index (χ4n) is 3.87. The summed E-state index contributed by atoms with van der Waals surface area (Å²) < 4.78 is 0. The number of aliphatic hydroxyl groups is 1. The number of aromatic carboxylic acids is 1. The maximum Gasteiger partial charge on any atom is 0.335 e. The summed E-state index contributed by atoms with van der Waals surface area (Å²) in [6.45, 7) is 4.38. The third-order valence-electron chi connectivity index (χ3n) is 5.87. The molecule has 1 atom stereocenters. The average molecular weight is 459 g/mol. The van der Waals surface area contributed by atoms with E-state index in [2.05, 4.69) is 5.32 Å². The largest absolute Gasteiger partial charge is 0.478 e. The molecule has 2 aromatic carbocycles. The number of carbonyl (C=O) groups excluding carboxylic acids is 2. The zero-order valence-electron chi connectivity index (χ0n) is 18.0. The number of nitrogens with zero attached hydrogens (tertiary/aromatic N) is 1. The number of carbonyl (C=O) groups is 3. The maximum absolute atomic E-state index is 13.2. The van der Waals surface area contributed by atoms with E-state index in [-0.39, 0.29) is 23.0 Å². The number of carboxylic acid groups (broad SMARTS) is 1. The second-order valence-electron chi connectivity index (χ2n) is 8.44. The van der Waals surface area contributed by atoms with Crippen molar-refractivity contribution in [2.24, 2.45) is 5.92 Å². The highest BCUT2D eigenvalue weighted by Gasteiger charge is 2.38. The highest BCUT2D eigenvalue weighted by molar-refractivity contribution is 6.30. The Balaban J connectivity index is 1.68. The topological polar surface area (TPSA) is 107 Å². The number of likely N-dealkylation sites (tertiary alicyclic amines) is 1. The summed E-state index contributed by atoms with van der Waals surface area (Å²) in [5, 5.41) is 23.5. The Kier molecular flexibility index (Phi) is 7.21. The molecule has 0 saturated carbocycles. The molecule has 7 nitrogen and oxygen atoms in total. The number of piperidine rings is 1. The lowest BCUT2D eigenvalue weighted by Crippen LogP contribution is -2.54. The molecule has 32 heavy (non-hydrogen) atoms. The van der Waals surface area contributed by atoms with E-state index in [1.54, 1.807) is 29.2 Å². The minimum absolute atomic E-state index is 0.00240. The van der Waals surface area contributed by atoms with E-state index >= 15 is 0 Å². The number of rotatable bonds is 6. The standard InChI is InChI=1S/C24H27ClN2O5/c1-15(2)20(26-21(28)16-4-3-5-17(14-16)23(30)31)22(29)27-12-10-24(32,11-13-27)18-6-8-19(25)9-7-18/h3-9,14-15,20,32H,10-13H2,1-2H3,(H,26,28)(H,30,31)/t20-/m1/s1. The predicted molar refractivity (Wildman–Crippen MR) is 121 cm³/mol. The van der Waals surface area contributed by atoms with E-state index in [0.29, 0.717) is 31.0 Å². The summed E-state index contributed by atoms with van der Waals surface area (Å²) in [6.07, 6.45) is 0.750. The molecule has 170 valence electrons. The van der Waals surface area contributed by atoms with Gasteiger partial charge in [0.1, 0.15) is 6.04 Å². The van der Waals surface area contributed by atoms with Crippen LogP contribution < -0.4 is 5.32 Å². The summed E-state index contributed by atoms with van der Waals surface area (Å²) >= 11 is 5.94. The summed E-state index contributed by atoms with van der Waals surface area (Å²) in [7, 11) is 0. The number of carboxylic acids is 1. The Morgan fingerprint density at radius 1 is 1.03 bits per heavy atom. The Labute approximate surface area is 192 Å². The van der Waals surface area contributed by atoms with E-state index < -0.39 is 23.5 Å². The first-order chi connectivity index (χ1) is 15.1. The van der Waals surface area contributed by atoms with Crippen molar-refractivity contribution in [3.8, 4) is 0 Å². The molecule has 3 N–H and O–H groups in total. The van der Waals surface area contributed by atoms with Gasteiger partial charge in [0.2, 0.25) is 5.91 Å². The lowest BCUT2D eigenvalue weighted by atomic mass is 9.84. The maximum atomic E-state index is 13.2. The van der Waals surface area contributed by atoms with Crippen molar-refractivity contribution in [1.82, 2.24) is 10.2 Å². The molecule has 1 aliphatic rings. The predicted octanol–water partition coefficient (Wildman–Crippen LogP) is 3.30. The smallest absolute Gasteiger partial charge is 0.335 e. The molecule has 1 heterocycles. The van der Waals surface area contributed by atoms with Gasteiger partial charge in [-0.3, -0.25) is 9.59 Å². The third kappa shape index (κ3) is 5.29. The van der Waals surface area contributed by atoms with Gasteiger partial charge in [0, 0.05) is 23.7 Å². The van der Waals surface area contributed by atoms with Gasteiger partial charge in [0.05, 0.1) is 11.2 Å². The first-order valence-corrected chi connectivity index (χ1v) is 10.9. The molecule has 1 fully saturated rings. The summed E-state index contributed by atoms with van der Waals surface area (Å²) in [4.78, 5) is 38.7. The zero-order valence-corrected chi connectivity index (χ0v) is 18.8. The van der Waals surface area contributed by atoms with Crippen molar-refractivity contribution in [1.29, 1.82) is 0 Å². The van der Waals surface area contributed by atoms with Gasteiger partial charge in [-0.05, 0) is 54.7 Å². The second-order valence-corrected chi connectivity index (χ2v) is 8.88. The molecule has 0 spiro atoms. The molecule has 0 unspecified atom stereocenters. The fourth-order valence-corrected chi connectivity index (χ4v) is 4.00. The van der Waals surface area contributed by atoms with Gasteiger partial charge in [0.25, 0.3) is 5.91 Å². The number of amides is 2. The van der Waals surface area contributed by atoms with Crippen LogP contribution in [0.4, 0.5) is 0 Å². The molecule has 8 heteroatoms. The number of halogens is 1. The number of benzene rings is 2. The quantitative estimate of drug-likeness (QED) is 0.615. The van der Waals surface area contributed by atoms with Crippen LogP contribution in [0.2, 0.25) is 5.02 Å². The SMILES string of the molecule is CC(C)[C@@H](NC(=O)c1cccc(C(=O)O)c1)C(=O)N1CCC(O)(c2ccc(Cl)cc2)CC1. The molecule has 0 radical (unpaired) electrons. The average Bonchev–Trinajstić information content (AvgIpc) is 2.77. The molecular formula is C24H27ClN2O5. The summed E-state index contributed by atoms with van der Waals surface area (Å²) in [5.74, 6) is -2.03. The Hall–Kier alpha value is -2.90. The normalized spacial score (nSPS) is 16.5. The van der Waals surface area contributed by atoms with E-state index in [1.807, 2.05) is 13.8 Å². The van der Waals surface area contributed by atoms with E-state index in [4.69, 9.17) is 16.7 Å². The van der Waals surface area contributed by atoms with Crippen LogP contribution in [0.25, 0.3) is 0 Å². The molecule has 3 rings (SSSR count). The van der Waals surface area contributed by atoms with Crippen LogP contribution in [0, 0.1) is 5.92 Å². The first kappa shape index (κ1) is 23.8. The van der Waals surface area contributed by atoms with Gasteiger partial charge in [-0.25, -0.2) is 4.79 Å². The molecule has 0 bridgehead atoms. The van der Waals surface area contributed by atoms with Crippen LogP contribution in [0.5, 0.6) is 0 Å². The van der Waals surface area contributed by atoms with Gasteiger partial charge in [0.15, 0.2) is 0 Å². The number of hydrogen-bond donors (Lipinski definition) is 3. The lowest BCUT2D eigenvalue weighted by molar-refractivity contribution is -0.138. The Morgan fingerprint density at radius 3 is 2.19 bits per heavy atom. The second kappa shape index (κ2) is 9.71. The van der Waals surface area contributed by atoms with Crippen LogP contribution in [0.3, 0.4) is 0 Å². The van der Waals surface area contributed by atoms with Crippen LogP contribution in [0.1, 0.15) is 53.0 Å². The van der Waals surface area contributed by atoms with Crippen molar-refractivity contribution in [2.45, 2.75) is 38.3 Å². The van der Waals surface area contributed by atoms with Gasteiger partial charge in [-0.15, -0.1) is 0 Å². The third-order valence-corrected chi connectivity index (χ3v) is 6.13. The highest BCUT2D eigenvalue weighted by Crippen LogP contribution is 2.33. The van der Waals surface area contributed by atoms with Crippen molar-refractivity contribution in [3.63, 3.8) is 0 Å². The minimum atomic E-state index is -1.13. The summed E-state index contributed by atoms with van der Waals surface area (Å²) in [5.41, 5.74) is -0.0856. The Morgan fingerprint density at radius 2 is 1.62 bits per heavy atom. The van der Waals surface area contributed by atoms with Gasteiger partial charge in [-0.2, -0.15) is 0 Å². The molecule has 2 amide bonds. The van der Waals surface area contributed by atoms with E-state index in [0.717, 1.165) is 5.56 Å². The molecule has 1 aliphatic heterocycles. The van der Waals surface area contributed by atoms with Crippen LogP contribution in [-0.4, -0.2) is 52.0 Å². The van der Waals surface area contributed by atoms with Gasteiger partial charge < -0.3 is 20.4 Å². The van der Waals surface area contributed by atoms with Crippen molar-refractivity contribution in [2.75, 3.05) is 13.1 Å². The molecule has 0 aliphatic carbocycles. The highest BCUT2D eigenvalue weighted by atomic mass is 35.5. The number of hydrogen-bond acceptors (Lipinski definition) is 4. The number of nitrogens with one attached hydrogen (secondary N) is 1. The molecule has 0 aromatic heterocycles. The minimum Gasteiger partial charge on any atom is -0.478 e.